The zero-order chi connectivity index (χ0) is 14.7. The average Bonchev–Trinajstić information content (AvgIpc) is 2.67. The van der Waals surface area contributed by atoms with E-state index in [0.29, 0.717) is 11.8 Å². The van der Waals surface area contributed by atoms with Crippen molar-refractivity contribution >= 4 is 5.69 Å². The van der Waals surface area contributed by atoms with Crippen molar-refractivity contribution in [3.8, 4) is 5.75 Å². The fraction of sp³-hybridized carbons (Fsp3) is 0.333. The molecule has 3 heteroatoms. The predicted molar refractivity (Wildman–Crippen MR) is 86.5 cm³/mol. The molecule has 2 aromatic rings. The van der Waals surface area contributed by atoms with Crippen LogP contribution in [0.15, 0.2) is 48.5 Å². The van der Waals surface area contributed by atoms with E-state index >= 15 is 0 Å². The van der Waals surface area contributed by atoms with Gasteiger partial charge in [0, 0.05) is 31.4 Å². The first kappa shape index (κ1) is 14.0. The normalized spacial score (nSPS) is 18.1. The van der Waals surface area contributed by atoms with Crippen LogP contribution in [-0.4, -0.2) is 17.7 Å². The number of nitrogens with one attached hydrogen (secondary N) is 1. The number of aromatic hydroxyl groups is 1. The van der Waals surface area contributed by atoms with E-state index in [-0.39, 0.29) is 0 Å². The summed E-state index contributed by atoms with van der Waals surface area (Å²) in [7, 11) is 0. The van der Waals surface area contributed by atoms with Crippen LogP contribution in [0.25, 0.3) is 0 Å². The number of phenolic OH excluding ortho intramolecular Hbond substituents is 1. The minimum absolute atomic E-state index is 0.334. The molecule has 1 atom stereocenters. The maximum absolute atomic E-state index is 9.66. The molecule has 110 valence electrons. The first-order chi connectivity index (χ1) is 10.3. The number of para-hydroxylation sites is 1. The van der Waals surface area contributed by atoms with E-state index < -0.39 is 0 Å². The third kappa shape index (κ3) is 3.19. The highest BCUT2D eigenvalue weighted by Gasteiger charge is 2.20. The summed E-state index contributed by atoms with van der Waals surface area (Å²) in [5.41, 5.74) is 3.78. The molecule has 1 unspecified atom stereocenters. The van der Waals surface area contributed by atoms with Crippen molar-refractivity contribution in [3.05, 3.63) is 59.7 Å². The summed E-state index contributed by atoms with van der Waals surface area (Å²) < 4.78 is 0. The van der Waals surface area contributed by atoms with Crippen LogP contribution in [0.3, 0.4) is 0 Å². The Morgan fingerprint density at radius 1 is 1.19 bits per heavy atom. The van der Waals surface area contributed by atoms with Crippen molar-refractivity contribution < 1.29 is 5.11 Å². The van der Waals surface area contributed by atoms with Gasteiger partial charge in [-0.25, -0.2) is 0 Å². The summed E-state index contributed by atoms with van der Waals surface area (Å²) in [5, 5.41) is 13.3. The Balaban J connectivity index is 1.90. The summed E-state index contributed by atoms with van der Waals surface area (Å²) in [5.74, 6) is 0.334. The van der Waals surface area contributed by atoms with Crippen molar-refractivity contribution in [2.24, 2.45) is 0 Å². The molecule has 3 rings (SSSR count). The zero-order valence-electron chi connectivity index (χ0n) is 12.4. The molecular weight excluding hydrogens is 260 g/mol. The standard InChI is InChI=1S/C18H22N2O/c1-2-16-13-20(12-14-6-5-8-17(21)10-14)18-9-4-3-7-15(18)11-19-16/h3-10,16,19,21H,2,11-13H2,1H3. The molecule has 1 heterocycles. The number of phenols is 1. The SMILES string of the molecule is CCC1CN(Cc2cccc(O)c2)c2ccccc2CN1. The lowest BCUT2D eigenvalue weighted by atomic mass is 10.1. The summed E-state index contributed by atoms with van der Waals surface area (Å²) in [6.07, 6.45) is 1.12. The van der Waals surface area contributed by atoms with E-state index in [9.17, 15) is 5.11 Å². The fourth-order valence-corrected chi connectivity index (χ4v) is 2.95. The van der Waals surface area contributed by atoms with Crippen molar-refractivity contribution in [2.45, 2.75) is 32.5 Å². The topological polar surface area (TPSA) is 35.5 Å². The molecule has 3 nitrogen and oxygen atoms in total. The van der Waals surface area contributed by atoms with E-state index in [1.807, 2.05) is 12.1 Å². The lowest BCUT2D eigenvalue weighted by Crippen LogP contribution is -2.37. The van der Waals surface area contributed by atoms with Gasteiger partial charge in [0.05, 0.1) is 0 Å². The summed E-state index contributed by atoms with van der Waals surface area (Å²) in [6, 6.07) is 16.6. The number of nitrogens with zero attached hydrogens (tertiary/aromatic N) is 1. The number of fused-ring (bicyclic) bond motifs is 1. The number of anilines is 1. The third-order valence-corrected chi connectivity index (χ3v) is 4.13. The van der Waals surface area contributed by atoms with Gasteiger partial charge in [-0.1, -0.05) is 37.3 Å². The number of benzene rings is 2. The van der Waals surface area contributed by atoms with Gasteiger partial charge in [-0.05, 0) is 35.7 Å². The van der Waals surface area contributed by atoms with E-state index in [4.69, 9.17) is 0 Å². The molecule has 0 aromatic heterocycles. The molecule has 0 spiro atoms. The average molecular weight is 282 g/mol. The third-order valence-electron chi connectivity index (χ3n) is 4.13. The van der Waals surface area contributed by atoms with Crippen LogP contribution < -0.4 is 10.2 Å². The Morgan fingerprint density at radius 3 is 2.86 bits per heavy atom. The molecule has 0 saturated carbocycles. The van der Waals surface area contributed by atoms with Gasteiger partial charge in [0.2, 0.25) is 0 Å². The van der Waals surface area contributed by atoms with Gasteiger partial charge in [-0.3, -0.25) is 0 Å². The molecule has 21 heavy (non-hydrogen) atoms. The first-order valence-corrected chi connectivity index (χ1v) is 7.60. The number of rotatable bonds is 3. The summed E-state index contributed by atoms with van der Waals surface area (Å²) >= 11 is 0. The molecule has 0 aliphatic carbocycles. The number of hydrogen-bond acceptors (Lipinski definition) is 3. The highest BCUT2D eigenvalue weighted by molar-refractivity contribution is 5.55. The molecule has 2 N–H and O–H groups in total. The Labute approximate surface area is 126 Å². The van der Waals surface area contributed by atoms with Gasteiger partial charge in [0.25, 0.3) is 0 Å². The molecule has 1 aliphatic heterocycles. The maximum atomic E-state index is 9.66. The Kier molecular flexibility index (Phi) is 4.11. The van der Waals surface area contributed by atoms with Crippen LogP contribution in [0.4, 0.5) is 5.69 Å². The fourth-order valence-electron chi connectivity index (χ4n) is 2.95. The molecule has 1 aliphatic rings. The highest BCUT2D eigenvalue weighted by atomic mass is 16.3. The summed E-state index contributed by atoms with van der Waals surface area (Å²) in [6.45, 7) is 4.96. The maximum Gasteiger partial charge on any atom is 0.115 e. The van der Waals surface area contributed by atoms with Gasteiger partial charge < -0.3 is 15.3 Å². The molecule has 0 saturated heterocycles. The van der Waals surface area contributed by atoms with E-state index in [1.165, 1.54) is 11.3 Å². The molecule has 0 bridgehead atoms. The van der Waals surface area contributed by atoms with Crippen molar-refractivity contribution in [2.75, 3.05) is 11.4 Å². The Hall–Kier alpha value is -2.00. The van der Waals surface area contributed by atoms with Gasteiger partial charge in [0.15, 0.2) is 0 Å². The quantitative estimate of drug-likeness (QED) is 0.907. The second-order valence-corrected chi connectivity index (χ2v) is 5.67. The van der Waals surface area contributed by atoms with Gasteiger partial charge in [-0.15, -0.1) is 0 Å². The Morgan fingerprint density at radius 2 is 2.05 bits per heavy atom. The highest BCUT2D eigenvalue weighted by Crippen LogP contribution is 2.26. The first-order valence-electron chi connectivity index (χ1n) is 7.60. The predicted octanol–water partition coefficient (Wildman–Crippen LogP) is 3.28. The Bertz CT molecular complexity index is 612. The van der Waals surface area contributed by atoms with Crippen LogP contribution >= 0.6 is 0 Å². The lowest BCUT2D eigenvalue weighted by molar-refractivity contribution is 0.474. The second kappa shape index (κ2) is 6.19. The molecule has 0 amide bonds. The lowest BCUT2D eigenvalue weighted by Gasteiger charge is -2.27. The monoisotopic (exact) mass is 282 g/mol. The van der Waals surface area contributed by atoms with Crippen LogP contribution in [0.5, 0.6) is 5.75 Å². The van der Waals surface area contributed by atoms with Crippen molar-refractivity contribution in [1.82, 2.24) is 5.32 Å². The van der Waals surface area contributed by atoms with Crippen LogP contribution in [0.2, 0.25) is 0 Å². The van der Waals surface area contributed by atoms with Crippen LogP contribution in [0.1, 0.15) is 24.5 Å². The van der Waals surface area contributed by atoms with Gasteiger partial charge in [-0.2, -0.15) is 0 Å². The second-order valence-electron chi connectivity index (χ2n) is 5.67. The largest absolute Gasteiger partial charge is 0.508 e. The molecule has 2 aromatic carbocycles. The minimum Gasteiger partial charge on any atom is -0.508 e. The molecule has 0 radical (unpaired) electrons. The van der Waals surface area contributed by atoms with Gasteiger partial charge >= 0.3 is 0 Å². The van der Waals surface area contributed by atoms with Crippen LogP contribution in [0, 0.1) is 0 Å². The molecular formula is C18H22N2O. The minimum atomic E-state index is 0.334. The molecule has 0 fully saturated rings. The number of hydrogen-bond donors (Lipinski definition) is 2. The van der Waals surface area contributed by atoms with E-state index in [1.54, 1.807) is 6.07 Å². The summed E-state index contributed by atoms with van der Waals surface area (Å²) in [4.78, 5) is 2.41. The van der Waals surface area contributed by atoms with E-state index in [0.717, 1.165) is 31.6 Å². The van der Waals surface area contributed by atoms with Crippen LogP contribution in [-0.2, 0) is 13.1 Å². The van der Waals surface area contributed by atoms with Crippen molar-refractivity contribution in [3.63, 3.8) is 0 Å². The van der Waals surface area contributed by atoms with Crippen molar-refractivity contribution in [1.29, 1.82) is 0 Å². The smallest absolute Gasteiger partial charge is 0.115 e. The van der Waals surface area contributed by atoms with Gasteiger partial charge in [0.1, 0.15) is 5.75 Å². The van der Waals surface area contributed by atoms with E-state index in [2.05, 4.69) is 47.5 Å². The zero-order valence-corrected chi connectivity index (χ0v) is 12.4.